The Morgan fingerprint density at radius 1 is 1.53 bits per heavy atom. The molecule has 0 fully saturated rings. The van der Waals surface area contributed by atoms with Gasteiger partial charge in [0.25, 0.3) is 0 Å². The van der Waals surface area contributed by atoms with E-state index in [0.29, 0.717) is 23.1 Å². The van der Waals surface area contributed by atoms with Crippen molar-refractivity contribution in [3.05, 3.63) is 40.9 Å². The van der Waals surface area contributed by atoms with Crippen molar-refractivity contribution in [2.75, 3.05) is 6.61 Å². The van der Waals surface area contributed by atoms with Crippen molar-refractivity contribution in [3.8, 4) is 0 Å². The van der Waals surface area contributed by atoms with E-state index >= 15 is 0 Å². The molecule has 1 aliphatic heterocycles. The molecule has 1 aromatic heterocycles. The summed E-state index contributed by atoms with van der Waals surface area (Å²) in [5.41, 5.74) is 0.517. The first-order valence-corrected chi connectivity index (χ1v) is 5.14. The summed E-state index contributed by atoms with van der Waals surface area (Å²) in [4.78, 5) is 15.7. The summed E-state index contributed by atoms with van der Waals surface area (Å²) in [7, 11) is 0. The summed E-state index contributed by atoms with van der Waals surface area (Å²) in [5.74, 6) is 0.294. The van der Waals surface area contributed by atoms with Crippen LogP contribution in [0.4, 0.5) is 0 Å². The van der Waals surface area contributed by atoms with Gasteiger partial charge in [0.05, 0.1) is 6.61 Å². The van der Waals surface area contributed by atoms with Gasteiger partial charge in [0.1, 0.15) is 5.15 Å². The van der Waals surface area contributed by atoms with Gasteiger partial charge in [0.15, 0.2) is 5.76 Å². The van der Waals surface area contributed by atoms with E-state index in [0.717, 1.165) is 12.8 Å². The average molecular weight is 224 g/mol. The van der Waals surface area contributed by atoms with Gasteiger partial charge in [0, 0.05) is 11.8 Å². The van der Waals surface area contributed by atoms with Crippen LogP contribution in [0, 0.1) is 0 Å². The molecule has 2 rings (SSSR count). The number of Topliss-reactive ketones (excluding diaryl/α,β-unsaturated/α-hetero) is 1. The Balaban J connectivity index is 2.24. The maximum Gasteiger partial charge on any atom is 0.227 e. The van der Waals surface area contributed by atoms with E-state index in [1.54, 1.807) is 12.1 Å². The van der Waals surface area contributed by atoms with Crippen LogP contribution in [0.15, 0.2) is 30.2 Å². The maximum absolute atomic E-state index is 11.9. The number of hydrogen-bond acceptors (Lipinski definition) is 3. The summed E-state index contributed by atoms with van der Waals surface area (Å²) >= 11 is 5.70. The van der Waals surface area contributed by atoms with Crippen LogP contribution in [0.3, 0.4) is 0 Å². The molecule has 0 saturated heterocycles. The van der Waals surface area contributed by atoms with Gasteiger partial charge >= 0.3 is 0 Å². The van der Waals surface area contributed by atoms with Crippen LogP contribution in [0.2, 0.25) is 5.15 Å². The lowest BCUT2D eigenvalue weighted by Crippen LogP contribution is -2.11. The highest BCUT2D eigenvalue weighted by molar-refractivity contribution is 6.29. The quantitative estimate of drug-likeness (QED) is 0.572. The summed E-state index contributed by atoms with van der Waals surface area (Å²) < 4.78 is 5.28. The minimum atomic E-state index is -0.126. The molecule has 4 heteroatoms. The van der Waals surface area contributed by atoms with Crippen LogP contribution >= 0.6 is 11.6 Å². The molecule has 0 radical (unpaired) electrons. The summed E-state index contributed by atoms with van der Waals surface area (Å²) in [6, 6.07) is 3.18. The smallest absolute Gasteiger partial charge is 0.227 e. The molecule has 0 bridgehead atoms. The Kier molecular flexibility index (Phi) is 3.02. The molecule has 0 saturated carbocycles. The molecule has 3 nitrogen and oxygen atoms in total. The van der Waals surface area contributed by atoms with Crippen molar-refractivity contribution >= 4 is 17.4 Å². The van der Waals surface area contributed by atoms with Gasteiger partial charge in [0.2, 0.25) is 5.78 Å². The standard InChI is InChI=1S/C11H10ClNO2/c12-10-7-8(4-5-13-10)11(14)9-3-1-2-6-15-9/h3-5,7H,1-2,6H2. The number of carbonyl (C=O) groups is 1. The molecule has 0 aromatic carbocycles. The monoisotopic (exact) mass is 223 g/mol. The van der Waals surface area contributed by atoms with Crippen LogP contribution in [0.5, 0.6) is 0 Å². The Bertz CT molecular complexity index is 415. The molecule has 1 aliphatic rings. The first kappa shape index (κ1) is 10.2. The lowest BCUT2D eigenvalue weighted by atomic mass is 10.1. The number of rotatable bonds is 2. The lowest BCUT2D eigenvalue weighted by molar-refractivity contribution is 0.0899. The van der Waals surface area contributed by atoms with Gasteiger partial charge in [-0.2, -0.15) is 0 Å². The third-order valence-electron chi connectivity index (χ3n) is 2.15. The van der Waals surface area contributed by atoms with Crippen molar-refractivity contribution < 1.29 is 9.53 Å². The third-order valence-corrected chi connectivity index (χ3v) is 2.36. The molecule has 0 aliphatic carbocycles. The van der Waals surface area contributed by atoms with Crippen molar-refractivity contribution in [1.29, 1.82) is 0 Å². The second-order valence-corrected chi connectivity index (χ2v) is 3.64. The second-order valence-electron chi connectivity index (χ2n) is 3.26. The van der Waals surface area contributed by atoms with E-state index in [-0.39, 0.29) is 5.78 Å². The largest absolute Gasteiger partial charge is 0.490 e. The number of ether oxygens (including phenoxy) is 1. The number of allylic oxidation sites excluding steroid dienone is 2. The predicted octanol–water partition coefficient (Wildman–Crippen LogP) is 2.61. The van der Waals surface area contributed by atoms with Crippen LogP contribution in [0.1, 0.15) is 23.2 Å². The number of carbonyl (C=O) groups excluding carboxylic acids is 1. The number of ketones is 1. The van der Waals surface area contributed by atoms with E-state index in [4.69, 9.17) is 16.3 Å². The SMILES string of the molecule is O=C(C1=CCCCO1)c1ccnc(Cl)c1. The molecule has 0 spiro atoms. The molecule has 78 valence electrons. The molecule has 2 heterocycles. The maximum atomic E-state index is 11.9. The first-order chi connectivity index (χ1) is 7.27. The highest BCUT2D eigenvalue weighted by atomic mass is 35.5. The lowest BCUT2D eigenvalue weighted by Gasteiger charge is -2.13. The highest BCUT2D eigenvalue weighted by Crippen LogP contribution is 2.17. The zero-order valence-electron chi connectivity index (χ0n) is 8.07. The normalized spacial score (nSPS) is 15.4. The highest BCUT2D eigenvalue weighted by Gasteiger charge is 2.16. The Hall–Kier alpha value is -1.35. The molecule has 0 unspecified atom stereocenters. The minimum absolute atomic E-state index is 0.126. The summed E-state index contributed by atoms with van der Waals surface area (Å²) in [6.45, 7) is 0.608. The van der Waals surface area contributed by atoms with Crippen LogP contribution < -0.4 is 0 Å². The molecule has 0 amide bonds. The fraction of sp³-hybridized carbons (Fsp3) is 0.273. The molecule has 0 atom stereocenters. The van der Waals surface area contributed by atoms with E-state index in [9.17, 15) is 4.79 Å². The predicted molar refractivity (Wildman–Crippen MR) is 56.8 cm³/mol. The van der Waals surface area contributed by atoms with Gasteiger partial charge in [-0.15, -0.1) is 0 Å². The molecular weight excluding hydrogens is 214 g/mol. The number of nitrogens with zero attached hydrogens (tertiary/aromatic N) is 1. The fourth-order valence-electron chi connectivity index (χ4n) is 1.40. The summed E-state index contributed by atoms with van der Waals surface area (Å²) in [6.07, 6.45) is 5.19. The van der Waals surface area contributed by atoms with Gasteiger partial charge in [-0.1, -0.05) is 11.6 Å². The zero-order chi connectivity index (χ0) is 10.7. The van der Waals surface area contributed by atoms with Gasteiger partial charge in [-0.05, 0) is 31.1 Å². The third kappa shape index (κ3) is 2.36. The topological polar surface area (TPSA) is 39.2 Å². The second kappa shape index (κ2) is 4.45. The van der Waals surface area contributed by atoms with Gasteiger partial charge in [-0.25, -0.2) is 4.98 Å². The van der Waals surface area contributed by atoms with Gasteiger partial charge < -0.3 is 4.74 Å². The molecule has 1 aromatic rings. The van der Waals surface area contributed by atoms with Crippen LogP contribution in [-0.2, 0) is 4.74 Å². The van der Waals surface area contributed by atoms with E-state index in [1.807, 2.05) is 6.08 Å². The van der Waals surface area contributed by atoms with Gasteiger partial charge in [-0.3, -0.25) is 4.79 Å². The molecule has 15 heavy (non-hydrogen) atoms. The van der Waals surface area contributed by atoms with Crippen molar-refractivity contribution in [2.45, 2.75) is 12.8 Å². The Labute approximate surface area is 92.7 Å². The first-order valence-electron chi connectivity index (χ1n) is 4.76. The van der Waals surface area contributed by atoms with E-state index in [2.05, 4.69) is 4.98 Å². The number of hydrogen-bond donors (Lipinski definition) is 0. The molecule has 0 N–H and O–H groups in total. The van der Waals surface area contributed by atoms with Crippen molar-refractivity contribution in [2.24, 2.45) is 0 Å². The Morgan fingerprint density at radius 2 is 2.40 bits per heavy atom. The van der Waals surface area contributed by atoms with E-state index < -0.39 is 0 Å². The fourth-order valence-corrected chi connectivity index (χ4v) is 1.58. The van der Waals surface area contributed by atoms with Crippen LogP contribution in [0.25, 0.3) is 0 Å². The van der Waals surface area contributed by atoms with Crippen molar-refractivity contribution in [3.63, 3.8) is 0 Å². The van der Waals surface area contributed by atoms with Crippen molar-refractivity contribution in [1.82, 2.24) is 4.98 Å². The number of aromatic nitrogens is 1. The number of pyridine rings is 1. The van der Waals surface area contributed by atoms with E-state index in [1.165, 1.54) is 6.20 Å². The summed E-state index contributed by atoms with van der Waals surface area (Å²) in [5, 5.41) is 0.317. The zero-order valence-corrected chi connectivity index (χ0v) is 8.83. The number of halogens is 1. The average Bonchev–Trinajstić information content (AvgIpc) is 2.29. The molecular formula is C11H10ClNO2. The minimum Gasteiger partial charge on any atom is -0.490 e. The van der Waals surface area contributed by atoms with Crippen LogP contribution in [-0.4, -0.2) is 17.4 Å². The Morgan fingerprint density at radius 3 is 3.07 bits per heavy atom.